The summed E-state index contributed by atoms with van der Waals surface area (Å²) in [5, 5.41) is 21.6. The standard InChI is InChI=1S/2C3H6N4.2C3H8.2CH4/c1-3-4-5-6-7(3)2;1-3-4-6-7(2)5-3;2*1-3-2;;/h2*1-2H3;2*3H2,1-2H3;2*1H4. The fourth-order valence-corrected chi connectivity index (χ4v) is 0.653. The zero-order valence-corrected chi connectivity index (χ0v) is 14.0. The summed E-state index contributed by atoms with van der Waals surface area (Å²) >= 11 is 0. The zero-order chi connectivity index (χ0) is 16.0. The van der Waals surface area contributed by atoms with Gasteiger partial charge in [-0.3, -0.25) is 0 Å². The van der Waals surface area contributed by atoms with E-state index in [2.05, 4.69) is 58.6 Å². The van der Waals surface area contributed by atoms with E-state index in [1.165, 1.54) is 17.6 Å². The Kier molecular flexibility index (Phi) is 24.6. The predicted octanol–water partition coefficient (Wildman–Crippen LogP) is 3.14. The fraction of sp³-hybridized carbons (Fsp3) is 0.857. The van der Waals surface area contributed by atoms with Crippen LogP contribution >= 0.6 is 0 Å². The van der Waals surface area contributed by atoms with Gasteiger partial charge in [0.25, 0.3) is 0 Å². The third-order valence-electron chi connectivity index (χ3n) is 1.44. The highest BCUT2D eigenvalue weighted by molar-refractivity contribution is 4.69. The Bertz CT molecular complexity index is 387. The van der Waals surface area contributed by atoms with E-state index in [1.54, 1.807) is 25.7 Å². The summed E-state index contributed by atoms with van der Waals surface area (Å²) in [5.41, 5.74) is 0. The highest BCUT2D eigenvalue weighted by atomic mass is 15.6. The van der Waals surface area contributed by atoms with E-state index in [4.69, 9.17) is 0 Å². The predicted molar refractivity (Wildman–Crippen MR) is 92.5 cm³/mol. The Morgan fingerprint density at radius 2 is 1.27 bits per heavy atom. The molecule has 0 atom stereocenters. The van der Waals surface area contributed by atoms with Crippen molar-refractivity contribution in [3.63, 3.8) is 0 Å². The Hall–Kier alpha value is -1.86. The molecule has 2 heterocycles. The first-order chi connectivity index (χ1) is 9.42. The Labute approximate surface area is 136 Å². The van der Waals surface area contributed by atoms with Crippen LogP contribution in [0.4, 0.5) is 0 Å². The highest BCUT2D eigenvalue weighted by Gasteiger charge is 1.87. The van der Waals surface area contributed by atoms with E-state index in [0.717, 1.165) is 5.82 Å². The van der Waals surface area contributed by atoms with Gasteiger partial charge in [-0.15, -0.1) is 15.3 Å². The van der Waals surface area contributed by atoms with Gasteiger partial charge in [-0.05, 0) is 29.5 Å². The van der Waals surface area contributed by atoms with Crippen molar-refractivity contribution in [2.24, 2.45) is 14.1 Å². The van der Waals surface area contributed by atoms with Gasteiger partial charge in [-0.25, -0.2) is 4.68 Å². The average molecular weight is 316 g/mol. The van der Waals surface area contributed by atoms with E-state index in [1.807, 2.05) is 6.92 Å². The maximum atomic E-state index is 3.81. The van der Waals surface area contributed by atoms with Crippen LogP contribution < -0.4 is 0 Å². The van der Waals surface area contributed by atoms with E-state index in [0.29, 0.717) is 5.82 Å². The van der Waals surface area contributed by atoms with Crippen molar-refractivity contribution in [2.45, 2.75) is 69.2 Å². The third-order valence-corrected chi connectivity index (χ3v) is 1.44. The SMILES string of the molecule is C.C.CCC.CCC.Cc1nnn(C)n1.Cc1nnnn1C. The first-order valence-corrected chi connectivity index (χ1v) is 6.82. The highest BCUT2D eigenvalue weighted by Crippen LogP contribution is 1.78. The Morgan fingerprint density at radius 3 is 1.36 bits per heavy atom. The molecule has 0 N–H and O–H groups in total. The Morgan fingerprint density at radius 1 is 0.818 bits per heavy atom. The van der Waals surface area contributed by atoms with Crippen molar-refractivity contribution in [2.75, 3.05) is 0 Å². The molecule has 2 aromatic heterocycles. The molecule has 0 spiro atoms. The zero-order valence-electron chi connectivity index (χ0n) is 14.0. The molecule has 2 aromatic rings. The maximum absolute atomic E-state index is 3.81. The number of rotatable bonds is 0. The lowest BCUT2D eigenvalue weighted by Crippen LogP contribution is -1.92. The molecule has 0 aliphatic heterocycles. The minimum absolute atomic E-state index is 0. The number of hydrogen-bond donors (Lipinski definition) is 0. The van der Waals surface area contributed by atoms with Crippen molar-refractivity contribution in [1.29, 1.82) is 0 Å². The van der Waals surface area contributed by atoms with Crippen molar-refractivity contribution >= 4 is 0 Å². The average Bonchev–Trinajstić information content (AvgIpc) is 2.92. The van der Waals surface area contributed by atoms with Crippen molar-refractivity contribution < 1.29 is 0 Å². The van der Waals surface area contributed by atoms with E-state index in [-0.39, 0.29) is 14.9 Å². The van der Waals surface area contributed by atoms with E-state index < -0.39 is 0 Å². The van der Waals surface area contributed by atoms with Crippen LogP contribution in [0, 0.1) is 13.8 Å². The molecular formula is C14H36N8. The first-order valence-electron chi connectivity index (χ1n) is 6.82. The lowest BCUT2D eigenvalue weighted by atomic mass is 10.6. The van der Waals surface area contributed by atoms with Crippen LogP contribution in [-0.4, -0.2) is 40.4 Å². The van der Waals surface area contributed by atoms with Gasteiger partial charge in [0.15, 0.2) is 5.82 Å². The molecule has 8 heteroatoms. The topological polar surface area (TPSA) is 87.2 Å². The molecule has 0 aliphatic carbocycles. The van der Waals surface area contributed by atoms with Gasteiger partial charge < -0.3 is 0 Å². The molecule has 0 aliphatic rings. The van der Waals surface area contributed by atoms with Crippen LogP contribution in [0.15, 0.2) is 0 Å². The van der Waals surface area contributed by atoms with E-state index >= 15 is 0 Å². The molecule has 0 saturated heterocycles. The molecule has 8 nitrogen and oxygen atoms in total. The summed E-state index contributed by atoms with van der Waals surface area (Å²) in [6.45, 7) is 12.1. The van der Waals surface area contributed by atoms with Crippen molar-refractivity contribution in [3.8, 4) is 0 Å². The van der Waals surface area contributed by atoms with Gasteiger partial charge in [0, 0.05) is 7.05 Å². The first kappa shape index (κ1) is 28.3. The minimum Gasteiger partial charge on any atom is -0.233 e. The molecule has 0 radical (unpaired) electrons. The lowest BCUT2D eigenvalue weighted by molar-refractivity contribution is 0.629. The molecule has 22 heavy (non-hydrogen) atoms. The summed E-state index contributed by atoms with van der Waals surface area (Å²) < 4.78 is 1.61. The van der Waals surface area contributed by atoms with Crippen molar-refractivity contribution in [3.05, 3.63) is 11.6 Å². The molecule has 132 valence electrons. The second-order valence-electron chi connectivity index (χ2n) is 4.09. The van der Waals surface area contributed by atoms with Gasteiger partial charge in [0.1, 0.15) is 5.82 Å². The number of aryl methyl sites for hydroxylation is 4. The second-order valence-corrected chi connectivity index (χ2v) is 4.09. The quantitative estimate of drug-likeness (QED) is 0.742. The normalized spacial score (nSPS) is 7.64. The molecule has 0 fully saturated rings. The van der Waals surface area contributed by atoms with Crippen LogP contribution in [-0.2, 0) is 14.1 Å². The van der Waals surface area contributed by atoms with Gasteiger partial charge >= 0.3 is 0 Å². The molecule has 0 amide bonds. The largest absolute Gasteiger partial charge is 0.233 e. The fourth-order valence-electron chi connectivity index (χ4n) is 0.653. The number of aromatic nitrogens is 8. The monoisotopic (exact) mass is 316 g/mol. The summed E-state index contributed by atoms with van der Waals surface area (Å²) in [6, 6.07) is 0. The van der Waals surface area contributed by atoms with Gasteiger partial charge in [0.05, 0.1) is 7.05 Å². The van der Waals surface area contributed by atoms with Gasteiger partial charge in [0.2, 0.25) is 0 Å². The maximum Gasteiger partial charge on any atom is 0.171 e. The summed E-state index contributed by atoms with van der Waals surface area (Å²) in [5.74, 6) is 1.54. The van der Waals surface area contributed by atoms with Crippen LogP contribution in [0.25, 0.3) is 0 Å². The van der Waals surface area contributed by atoms with Crippen LogP contribution in [0.2, 0.25) is 0 Å². The van der Waals surface area contributed by atoms with Crippen molar-refractivity contribution in [1.82, 2.24) is 40.4 Å². The molecule has 0 aromatic carbocycles. The number of nitrogens with zero attached hydrogens (tertiary/aromatic N) is 8. The molecule has 0 unspecified atom stereocenters. The number of tetrazole rings is 2. The molecule has 0 saturated carbocycles. The summed E-state index contributed by atoms with van der Waals surface area (Å²) in [7, 11) is 3.54. The minimum atomic E-state index is 0. The summed E-state index contributed by atoms with van der Waals surface area (Å²) in [4.78, 5) is 1.43. The number of hydrogen-bond acceptors (Lipinski definition) is 6. The lowest BCUT2D eigenvalue weighted by Gasteiger charge is -1.81. The smallest absolute Gasteiger partial charge is 0.171 e. The van der Waals surface area contributed by atoms with Crippen LogP contribution in [0.5, 0.6) is 0 Å². The van der Waals surface area contributed by atoms with E-state index in [9.17, 15) is 0 Å². The van der Waals surface area contributed by atoms with Gasteiger partial charge in [-0.1, -0.05) is 55.4 Å². The molecule has 2 rings (SSSR count). The third kappa shape index (κ3) is 18.1. The van der Waals surface area contributed by atoms with Crippen LogP contribution in [0.3, 0.4) is 0 Å². The summed E-state index contributed by atoms with van der Waals surface area (Å²) in [6.07, 6.45) is 2.50. The second kappa shape index (κ2) is 19.1. The van der Waals surface area contributed by atoms with Gasteiger partial charge in [-0.2, -0.15) is 4.80 Å². The molecular weight excluding hydrogens is 280 g/mol. The Balaban J connectivity index is -0.000000103. The molecule has 0 bridgehead atoms. The van der Waals surface area contributed by atoms with Crippen LogP contribution in [0.1, 0.15) is 67.0 Å².